The summed E-state index contributed by atoms with van der Waals surface area (Å²) in [5, 5.41) is 3.02. The number of piperidine rings is 1. The molecule has 106 valence electrons. The van der Waals surface area contributed by atoms with Crippen LogP contribution in [0.15, 0.2) is 6.20 Å². The number of hydrogen-bond donors (Lipinski definition) is 3. The van der Waals surface area contributed by atoms with E-state index in [9.17, 15) is 4.39 Å². The zero-order valence-corrected chi connectivity index (χ0v) is 11.2. The number of rotatable bonds is 5. The first kappa shape index (κ1) is 14.0. The van der Waals surface area contributed by atoms with Gasteiger partial charge in [0.25, 0.3) is 0 Å². The highest BCUT2D eigenvalue weighted by Crippen LogP contribution is 2.14. The monoisotopic (exact) mass is 268 g/mol. The lowest BCUT2D eigenvalue weighted by Crippen LogP contribution is -2.41. The molecule has 4 N–H and O–H groups in total. The van der Waals surface area contributed by atoms with Gasteiger partial charge in [-0.15, -0.1) is 0 Å². The molecule has 1 aromatic heterocycles. The maximum atomic E-state index is 13.5. The number of nitrogens with one attached hydrogen (secondary N) is 2. The molecule has 1 atom stereocenters. The first-order chi connectivity index (χ1) is 9.20. The lowest BCUT2D eigenvalue weighted by Gasteiger charge is -2.32. The Morgan fingerprint density at radius 1 is 1.42 bits per heavy atom. The molecular formula is C12H21FN6. The molecule has 0 amide bonds. The number of hydrogen-bond acceptors (Lipinski definition) is 6. The molecule has 1 aromatic rings. The zero-order chi connectivity index (χ0) is 13.7. The SMILES string of the molecule is CC(CNc1nc(NN)ncc1F)N1CCCCC1. The Bertz CT molecular complexity index is 407. The Kier molecular flexibility index (Phi) is 4.86. The van der Waals surface area contributed by atoms with Crippen LogP contribution < -0.4 is 16.6 Å². The van der Waals surface area contributed by atoms with E-state index >= 15 is 0 Å². The number of nitrogens with two attached hydrogens (primary N) is 1. The van der Waals surface area contributed by atoms with Crippen molar-refractivity contribution >= 4 is 11.8 Å². The number of likely N-dealkylation sites (tertiary alicyclic amines) is 1. The predicted octanol–water partition coefficient (Wildman–Crippen LogP) is 1.19. The van der Waals surface area contributed by atoms with Crippen LogP contribution in [0.1, 0.15) is 26.2 Å². The summed E-state index contributed by atoms with van der Waals surface area (Å²) in [6.45, 7) is 5.02. The molecule has 6 nitrogen and oxygen atoms in total. The van der Waals surface area contributed by atoms with Crippen molar-refractivity contribution in [2.75, 3.05) is 30.4 Å². The van der Waals surface area contributed by atoms with Crippen molar-refractivity contribution in [2.45, 2.75) is 32.2 Å². The van der Waals surface area contributed by atoms with Crippen molar-refractivity contribution in [3.63, 3.8) is 0 Å². The Morgan fingerprint density at radius 3 is 2.84 bits per heavy atom. The largest absolute Gasteiger partial charge is 0.366 e. The van der Waals surface area contributed by atoms with Crippen LogP contribution >= 0.6 is 0 Å². The molecular weight excluding hydrogens is 247 g/mol. The summed E-state index contributed by atoms with van der Waals surface area (Å²) in [4.78, 5) is 10.1. The minimum absolute atomic E-state index is 0.187. The Morgan fingerprint density at radius 2 is 2.16 bits per heavy atom. The zero-order valence-electron chi connectivity index (χ0n) is 11.2. The number of halogens is 1. The molecule has 0 saturated carbocycles. The van der Waals surface area contributed by atoms with Crippen LogP contribution in [0.2, 0.25) is 0 Å². The Hall–Kier alpha value is -1.47. The minimum Gasteiger partial charge on any atom is -0.366 e. The van der Waals surface area contributed by atoms with Crippen molar-refractivity contribution in [3.05, 3.63) is 12.0 Å². The number of nitrogen functional groups attached to an aromatic ring is 1. The smallest absolute Gasteiger partial charge is 0.239 e. The summed E-state index contributed by atoms with van der Waals surface area (Å²) in [6, 6.07) is 0.351. The van der Waals surface area contributed by atoms with Crippen LogP contribution in [0.25, 0.3) is 0 Å². The van der Waals surface area contributed by atoms with E-state index in [1.54, 1.807) is 0 Å². The van der Waals surface area contributed by atoms with Gasteiger partial charge in [-0.05, 0) is 32.9 Å². The van der Waals surface area contributed by atoms with Gasteiger partial charge in [0.05, 0.1) is 6.20 Å². The minimum atomic E-state index is -0.468. The summed E-state index contributed by atoms with van der Waals surface area (Å²) >= 11 is 0. The average Bonchev–Trinajstić information content (AvgIpc) is 2.47. The van der Waals surface area contributed by atoms with Gasteiger partial charge >= 0.3 is 0 Å². The fourth-order valence-corrected chi connectivity index (χ4v) is 2.29. The highest BCUT2D eigenvalue weighted by atomic mass is 19.1. The molecule has 1 unspecified atom stereocenters. The molecule has 0 radical (unpaired) electrons. The molecule has 1 aliphatic heterocycles. The lowest BCUT2D eigenvalue weighted by atomic mass is 10.1. The van der Waals surface area contributed by atoms with Gasteiger partial charge < -0.3 is 5.32 Å². The third kappa shape index (κ3) is 3.74. The quantitative estimate of drug-likeness (QED) is 0.550. The predicted molar refractivity (Wildman–Crippen MR) is 73.2 cm³/mol. The van der Waals surface area contributed by atoms with Crippen LogP contribution in [-0.4, -0.2) is 40.5 Å². The van der Waals surface area contributed by atoms with Gasteiger partial charge in [-0.3, -0.25) is 10.3 Å². The summed E-state index contributed by atoms with van der Waals surface area (Å²) < 4.78 is 13.5. The van der Waals surface area contributed by atoms with E-state index in [-0.39, 0.29) is 11.8 Å². The first-order valence-electron chi connectivity index (χ1n) is 6.68. The van der Waals surface area contributed by atoms with Gasteiger partial charge in [-0.25, -0.2) is 15.2 Å². The maximum absolute atomic E-state index is 13.5. The standard InChI is InChI=1S/C12H21FN6/c1-9(19-5-3-2-4-6-19)7-15-11-10(13)8-16-12(17-11)18-14/h8-9H,2-7,14H2,1H3,(H2,15,16,17,18). The average molecular weight is 268 g/mol. The fourth-order valence-electron chi connectivity index (χ4n) is 2.29. The second-order valence-electron chi connectivity index (χ2n) is 4.86. The molecule has 0 bridgehead atoms. The summed E-state index contributed by atoms with van der Waals surface area (Å²) in [6.07, 6.45) is 4.90. The first-order valence-corrected chi connectivity index (χ1v) is 6.68. The normalized spacial score (nSPS) is 18.1. The van der Waals surface area contributed by atoms with E-state index < -0.39 is 5.82 Å². The maximum Gasteiger partial charge on any atom is 0.239 e. The van der Waals surface area contributed by atoms with Crippen LogP contribution in [0.4, 0.5) is 16.2 Å². The van der Waals surface area contributed by atoms with E-state index in [1.807, 2.05) is 0 Å². The second kappa shape index (κ2) is 6.63. The van der Waals surface area contributed by atoms with Gasteiger partial charge in [-0.1, -0.05) is 6.42 Å². The number of anilines is 2. The van der Waals surface area contributed by atoms with Crippen molar-refractivity contribution < 1.29 is 4.39 Å². The van der Waals surface area contributed by atoms with E-state index in [1.165, 1.54) is 19.3 Å². The number of aromatic nitrogens is 2. The highest BCUT2D eigenvalue weighted by molar-refractivity contribution is 5.40. The number of nitrogens with zero attached hydrogens (tertiary/aromatic N) is 3. The molecule has 7 heteroatoms. The van der Waals surface area contributed by atoms with Crippen LogP contribution in [-0.2, 0) is 0 Å². The van der Waals surface area contributed by atoms with Gasteiger partial charge in [0.1, 0.15) is 0 Å². The fraction of sp³-hybridized carbons (Fsp3) is 0.667. The Balaban J connectivity index is 1.90. The molecule has 2 rings (SSSR count). The molecule has 1 fully saturated rings. The molecule has 19 heavy (non-hydrogen) atoms. The van der Waals surface area contributed by atoms with E-state index in [0.717, 1.165) is 19.3 Å². The third-order valence-corrected chi connectivity index (χ3v) is 3.45. The topological polar surface area (TPSA) is 79.1 Å². The van der Waals surface area contributed by atoms with Crippen molar-refractivity contribution in [1.29, 1.82) is 0 Å². The lowest BCUT2D eigenvalue weighted by molar-refractivity contribution is 0.180. The molecule has 0 aromatic carbocycles. The van der Waals surface area contributed by atoms with Crippen LogP contribution in [0.3, 0.4) is 0 Å². The second-order valence-corrected chi connectivity index (χ2v) is 4.86. The van der Waals surface area contributed by atoms with Crippen LogP contribution in [0, 0.1) is 5.82 Å². The summed E-state index contributed by atoms with van der Waals surface area (Å²) in [5.74, 6) is 5.13. The van der Waals surface area contributed by atoms with Crippen LogP contribution in [0.5, 0.6) is 0 Å². The molecule has 0 spiro atoms. The molecule has 0 aliphatic carbocycles. The van der Waals surface area contributed by atoms with Crippen molar-refractivity contribution in [2.24, 2.45) is 5.84 Å². The Labute approximate surface area is 112 Å². The van der Waals surface area contributed by atoms with E-state index in [2.05, 4.69) is 32.5 Å². The van der Waals surface area contributed by atoms with Crippen molar-refractivity contribution in [1.82, 2.24) is 14.9 Å². The molecule has 1 aliphatic rings. The molecule has 1 saturated heterocycles. The molecule has 2 heterocycles. The summed E-state index contributed by atoms with van der Waals surface area (Å²) in [7, 11) is 0. The van der Waals surface area contributed by atoms with Gasteiger partial charge in [0, 0.05) is 12.6 Å². The van der Waals surface area contributed by atoms with E-state index in [4.69, 9.17) is 5.84 Å². The third-order valence-electron chi connectivity index (χ3n) is 3.45. The van der Waals surface area contributed by atoms with Crippen molar-refractivity contribution in [3.8, 4) is 0 Å². The van der Waals surface area contributed by atoms with Gasteiger partial charge in [-0.2, -0.15) is 4.98 Å². The van der Waals surface area contributed by atoms with Gasteiger partial charge in [0.2, 0.25) is 5.95 Å². The number of hydrazine groups is 1. The highest BCUT2D eigenvalue weighted by Gasteiger charge is 2.17. The van der Waals surface area contributed by atoms with Gasteiger partial charge in [0.15, 0.2) is 11.6 Å². The summed E-state index contributed by atoms with van der Waals surface area (Å²) in [5.41, 5.74) is 2.31. The van der Waals surface area contributed by atoms with E-state index in [0.29, 0.717) is 12.6 Å².